The van der Waals surface area contributed by atoms with Gasteiger partial charge in [0.05, 0.1) is 25.0 Å². The second-order valence-electron chi connectivity index (χ2n) is 7.24. The predicted molar refractivity (Wildman–Crippen MR) is 104 cm³/mol. The fourth-order valence-corrected chi connectivity index (χ4v) is 3.38. The lowest BCUT2D eigenvalue weighted by Gasteiger charge is -2.27. The van der Waals surface area contributed by atoms with Crippen LogP contribution in [0.15, 0.2) is 48.5 Å². The lowest BCUT2D eigenvalue weighted by Crippen LogP contribution is -2.51. The van der Waals surface area contributed by atoms with E-state index in [9.17, 15) is 9.59 Å². The van der Waals surface area contributed by atoms with Crippen LogP contribution in [0.25, 0.3) is 0 Å². The van der Waals surface area contributed by atoms with E-state index in [4.69, 9.17) is 14.6 Å². The molecule has 3 rings (SSSR count). The summed E-state index contributed by atoms with van der Waals surface area (Å²) >= 11 is 0. The molecule has 0 aromatic heterocycles. The number of carboxylic acid groups (broad SMARTS) is 1. The number of carbonyl (C=O) groups excluding carboxylic acids is 1. The Morgan fingerprint density at radius 3 is 2.75 bits per heavy atom. The number of hydrogen-bond donors (Lipinski definition) is 2. The van der Waals surface area contributed by atoms with Gasteiger partial charge in [0.15, 0.2) is 0 Å². The van der Waals surface area contributed by atoms with Gasteiger partial charge in [0.25, 0.3) is 0 Å². The van der Waals surface area contributed by atoms with Crippen LogP contribution in [0.5, 0.6) is 5.75 Å². The molecular weight excluding hydrogens is 358 g/mol. The maximum atomic E-state index is 12.5. The molecule has 1 fully saturated rings. The second-order valence-corrected chi connectivity index (χ2v) is 7.24. The highest BCUT2D eigenvalue weighted by atomic mass is 16.5. The molecule has 28 heavy (non-hydrogen) atoms. The number of aryl methyl sites for hydroxylation is 1. The monoisotopic (exact) mass is 383 g/mol. The molecule has 1 saturated heterocycles. The van der Waals surface area contributed by atoms with E-state index in [0.717, 1.165) is 11.1 Å². The van der Waals surface area contributed by atoms with Crippen LogP contribution in [-0.4, -0.2) is 35.7 Å². The number of benzene rings is 2. The summed E-state index contributed by atoms with van der Waals surface area (Å²) < 4.78 is 11.2. The standard InChI is InChI=1S/C22H25NO5/c1-16-5-2-3-7-18(16)14-28-19-8-4-6-17(11-19)12-20(24)23-22(13-21(25)26)9-10-27-15-22/h2-8,11H,9-10,12-15H2,1H3,(H,23,24)(H,25,26). The smallest absolute Gasteiger partial charge is 0.305 e. The quantitative estimate of drug-likeness (QED) is 0.732. The molecule has 2 aromatic carbocycles. The largest absolute Gasteiger partial charge is 0.489 e. The van der Waals surface area contributed by atoms with Gasteiger partial charge in [-0.15, -0.1) is 0 Å². The molecule has 0 spiro atoms. The van der Waals surface area contributed by atoms with Gasteiger partial charge in [-0.2, -0.15) is 0 Å². The number of amides is 1. The molecule has 6 heteroatoms. The third-order valence-corrected chi connectivity index (χ3v) is 4.92. The van der Waals surface area contributed by atoms with Gasteiger partial charge in [0, 0.05) is 6.61 Å². The van der Waals surface area contributed by atoms with Gasteiger partial charge in [0.2, 0.25) is 5.91 Å². The van der Waals surface area contributed by atoms with Crippen molar-refractivity contribution in [1.29, 1.82) is 0 Å². The van der Waals surface area contributed by atoms with E-state index in [1.165, 1.54) is 5.56 Å². The van der Waals surface area contributed by atoms with Crippen molar-refractivity contribution in [3.8, 4) is 5.75 Å². The van der Waals surface area contributed by atoms with Gasteiger partial charge in [-0.1, -0.05) is 36.4 Å². The molecular formula is C22H25NO5. The summed E-state index contributed by atoms with van der Waals surface area (Å²) in [6.07, 6.45) is 0.520. The van der Waals surface area contributed by atoms with E-state index >= 15 is 0 Å². The first-order valence-electron chi connectivity index (χ1n) is 9.33. The number of hydrogen-bond acceptors (Lipinski definition) is 4. The Bertz CT molecular complexity index is 842. The Balaban J connectivity index is 1.60. The van der Waals surface area contributed by atoms with Gasteiger partial charge >= 0.3 is 5.97 Å². The summed E-state index contributed by atoms with van der Waals surface area (Å²) in [7, 11) is 0. The zero-order chi connectivity index (χ0) is 20.0. The number of ether oxygens (including phenoxy) is 2. The third kappa shape index (κ3) is 5.33. The first kappa shape index (κ1) is 19.9. The third-order valence-electron chi connectivity index (χ3n) is 4.92. The van der Waals surface area contributed by atoms with Crippen molar-refractivity contribution in [2.45, 2.75) is 38.3 Å². The molecule has 0 saturated carbocycles. The second kappa shape index (κ2) is 8.89. The first-order chi connectivity index (χ1) is 13.5. The average Bonchev–Trinajstić information content (AvgIpc) is 3.08. The van der Waals surface area contributed by atoms with E-state index in [-0.39, 0.29) is 25.4 Å². The van der Waals surface area contributed by atoms with E-state index < -0.39 is 11.5 Å². The number of aliphatic carboxylic acids is 1. The minimum absolute atomic E-state index is 0.141. The molecule has 0 bridgehead atoms. The summed E-state index contributed by atoms with van der Waals surface area (Å²) in [5.74, 6) is -0.474. The van der Waals surface area contributed by atoms with Gasteiger partial charge in [-0.05, 0) is 42.2 Å². The summed E-state index contributed by atoms with van der Waals surface area (Å²) in [6.45, 7) is 3.18. The Morgan fingerprint density at radius 1 is 1.21 bits per heavy atom. The van der Waals surface area contributed by atoms with Crippen molar-refractivity contribution in [3.05, 3.63) is 65.2 Å². The highest BCUT2D eigenvalue weighted by Crippen LogP contribution is 2.23. The Kier molecular flexibility index (Phi) is 6.31. The number of carbonyl (C=O) groups is 2. The molecule has 1 aliphatic rings. The molecule has 2 N–H and O–H groups in total. The Hall–Kier alpha value is -2.86. The van der Waals surface area contributed by atoms with Crippen molar-refractivity contribution >= 4 is 11.9 Å². The average molecular weight is 383 g/mol. The number of nitrogens with one attached hydrogen (secondary N) is 1. The Morgan fingerprint density at radius 2 is 2.04 bits per heavy atom. The van der Waals surface area contributed by atoms with Crippen LogP contribution in [0.1, 0.15) is 29.5 Å². The van der Waals surface area contributed by atoms with E-state index in [0.29, 0.717) is 25.4 Å². The molecule has 1 amide bonds. The van der Waals surface area contributed by atoms with Gasteiger partial charge < -0.3 is 19.9 Å². The zero-order valence-corrected chi connectivity index (χ0v) is 15.9. The van der Waals surface area contributed by atoms with Crippen LogP contribution in [-0.2, 0) is 27.4 Å². The van der Waals surface area contributed by atoms with E-state index in [1.807, 2.05) is 55.5 Å². The fourth-order valence-electron chi connectivity index (χ4n) is 3.38. The fraction of sp³-hybridized carbons (Fsp3) is 0.364. The zero-order valence-electron chi connectivity index (χ0n) is 15.9. The van der Waals surface area contributed by atoms with Crippen molar-refractivity contribution in [1.82, 2.24) is 5.32 Å². The maximum absolute atomic E-state index is 12.5. The van der Waals surface area contributed by atoms with Gasteiger partial charge in [-0.3, -0.25) is 9.59 Å². The first-order valence-corrected chi connectivity index (χ1v) is 9.33. The normalized spacial score (nSPS) is 18.6. The lowest BCUT2D eigenvalue weighted by atomic mass is 9.94. The van der Waals surface area contributed by atoms with Gasteiger partial charge in [0.1, 0.15) is 12.4 Å². The van der Waals surface area contributed by atoms with Crippen LogP contribution in [0.2, 0.25) is 0 Å². The topological polar surface area (TPSA) is 84.9 Å². The number of carboxylic acids is 1. The van der Waals surface area contributed by atoms with Crippen LogP contribution < -0.4 is 10.1 Å². The predicted octanol–water partition coefficient (Wildman–Crippen LogP) is 2.87. The van der Waals surface area contributed by atoms with E-state index in [2.05, 4.69) is 5.32 Å². The molecule has 148 valence electrons. The summed E-state index contributed by atoms with van der Waals surface area (Å²) in [5.41, 5.74) is 2.27. The molecule has 0 radical (unpaired) electrons. The molecule has 1 heterocycles. The van der Waals surface area contributed by atoms with Gasteiger partial charge in [-0.25, -0.2) is 0 Å². The van der Waals surface area contributed by atoms with Crippen LogP contribution in [0.4, 0.5) is 0 Å². The minimum atomic E-state index is -0.947. The molecule has 1 unspecified atom stereocenters. The van der Waals surface area contributed by atoms with Crippen molar-refractivity contribution < 1.29 is 24.2 Å². The molecule has 1 aliphatic heterocycles. The molecule has 1 atom stereocenters. The Labute approximate surface area is 164 Å². The van der Waals surface area contributed by atoms with Crippen molar-refractivity contribution in [2.24, 2.45) is 0 Å². The lowest BCUT2D eigenvalue weighted by molar-refractivity contribution is -0.139. The van der Waals surface area contributed by atoms with Crippen LogP contribution in [0, 0.1) is 6.92 Å². The summed E-state index contributed by atoms with van der Waals surface area (Å²) in [5, 5.41) is 12.0. The highest BCUT2D eigenvalue weighted by Gasteiger charge is 2.38. The molecule has 2 aromatic rings. The SMILES string of the molecule is Cc1ccccc1COc1cccc(CC(=O)NC2(CC(=O)O)CCOC2)c1. The van der Waals surface area contributed by atoms with Crippen LogP contribution >= 0.6 is 0 Å². The van der Waals surface area contributed by atoms with E-state index in [1.54, 1.807) is 0 Å². The molecule has 0 aliphatic carbocycles. The summed E-state index contributed by atoms with van der Waals surface area (Å²) in [4.78, 5) is 23.6. The maximum Gasteiger partial charge on any atom is 0.305 e. The van der Waals surface area contributed by atoms with Crippen molar-refractivity contribution in [3.63, 3.8) is 0 Å². The van der Waals surface area contributed by atoms with Crippen LogP contribution in [0.3, 0.4) is 0 Å². The minimum Gasteiger partial charge on any atom is -0.489 e. The number of rotatable bonds is 8. The van der Waals surface area contributed by atoms with Crippen molar-refractivity contribution in [2.75, 3.05) is 13.2 Å². The highest BCUT2D eigenvalue weighted by molar-refractivity contribution is 5.80. The molecule has 6 nitrogen and oxygen atoms in total. The summed E-state index contributed by atoms with van der Waals surface area (Å²) in [6, 6.07) is 15.4.